The summed E-state index contributed by atoms with van der Waals surface area (Å²) in [5.41, 5.74) is 1.47. The van der Waals surface area contributed by atoms with Gasteiger partial charge >= 0.3 is 0 Å². The van der Waals surface area contributed by atoms with Crippen LogP contribution in [0.4, 0.5) is 5.69 Å². The Morgan fingerprint density at radius 1 is 1.00 bits per heavy atom. The number of hydrogen-bond acceptors (Lipinski definition) is 6. The van der Waals surface area contributed by atoms with Crippen LogP contribution in [-0.2, 0) is 14.8 Å². The van der Waals surface area contributed by atoms with E-state index in [1.807, 2.05) is 19.9 Å². The van der Waals surface area contributed by atoms with Crippen molar-refractivity contribution >= 4 is 21.6 Å². The molecule has 1 atom stereocenters. The minimum absolute atomic E-state index is 0.108. The number of carbonyl (C=O) groups excluding carboxylic acids is 1. The average molecular weight is 477 g/mol. The second-order valence-electron chi connectivity index (χ2n) is 8.33. The highest BCUT2D eigenvalue weighted by molar-refractivity contribution is 7.89. The lowest BCUT2D eigenvalue weighted by atomic mass is 9.98. The van der Waals surface area contributed by atoms with Crippen LogP contribution in [0.2, 0.25) is 0 Å². The third-order valence-corrected chi connectivity index (χ3v) is 7.76. The summed E-state index contributed by atoms with van der Waals surface area (Å²) in [7, 11) is 0.694. The molecular weight excluding hydrogens is 444 g/mol. The Labute approximate surface area is 195 Å². The molecule has 2 aromatic carbocycles. The van der Waals surface area contributed by atoms with E-state index < -0.39 is 15.9 Å². The van der Waals surface area contributed by atoms with Crippen molar-refractivity contribution in [2.45, 2.75) is 37.5 Å². The molecule has 1 N–H and O–H groups in total. The van der Waals surface area contributed by atoms with Gasteiger partial charge in [0.15, 0.2) is 11.5 Å². The van der Waals surface area contributed by atoms with Crippen LogP contribution in [0, 0.1) is 5.92 Å². The predicted molar refractivity (Wildman–Crippen MR) is 127 cm³/mol. The van der Waals surface area contributed by atoms with Crippen LogP contribution in [0.5, 0.6) is 17.2 Å². The van der Waals surface area contributed by atoms with Gasteiger partial charge in [-0.2, -0.15) is 4.31 Å². The van der Waals surface area contributed by atoms with Gasteiger partial charge in [0.1, 0.15) is 10.6 Å². The quantitative estimate of drug-likeness (QED) is 0.622. The number of methoxy groups -OCH3 is 3. The van der Waals surface area contributed by atoms with Crippen molar-refractivity contribution in [2.75, 3.05) is 39.7 Å². The molecule has 0 saturated carbocycles. The fourth-order valence-electron chi connectivity index (χ4n) is 3.93. The topological polar surface area (TPSA) is 94.2 Å². The lowest BCUT2D eigenvalue weighted by molar-refractivity contribution is -0.120. The normalized spacial score (nSPS) is 17.0. The number of nitrogens with one attached hydrogen (secondary N) is 1. The number of benzene rings is 2. The molecule has 0 unspecified atom stereocenters. The molecule has 1 aliphatic heterocycles. The number of rotatable bonds is 8. The molecule has 0 aliphatic carbocycles. The van der Waals surface area contributed by atoms with E-state index in [9.17, 15) is 13.2 Å². The predicted octanol–water partition coefficient (Wildman–Crippen LogP) is 3.88. The van der Waals surface area contributed by atoms with Crippen LogP contribution in [0.3, 0.4) is 0 Å². The molecule has 3 rings (SSSR count). The summed E-state index contributed by atoms with van der Waals surface area (Å²) >= 11 is 0. The first-order valence-electron chi connectivity index (χ1n) is 10.9. The smallest absolute Gasteiger partial charge is 0.246 e. The first kappa shape index (κ1) is 24.9. The maximum absolute atomic E-state index is 13.5. The number of carbonyl (C=O) groups is 1. The Kier molecular flexibility index (Phi) is 7.86. The Balaban J connectivity index is 1.80. The zero-order chi connectivity index (χ0) is 24.2. The summed E-state index contributed by atoms with van der Waals surface area (Å²) in [5, 5.41) is 2.88. The van der Waals surface area contributed by atoms with Crippen LogP contribution in [0.15, 0.2) is 41.3 Å². The van der Waals surface area contributed by atoms with Gasteiger partial charge in [0, 0.05) is 24.8 Å². The second kappa shape index (κ2) is 10.4. The minimum atomic E-state index is -3.83. The summed E-state index contributed by atoms with van der Waals surface area (Å²) in [6.45, 7) is 4.48. The SMILES string of the molecule is COc1ccc(NC(=O)[C@H]2CCCN(S(=O)(=O)c3cc(C(C)C)ccc3OC)C2)cc1OC. The maximum Gasteiger partial charge on any atom is 0.246 e. The van der Waals surface area contributed by atoms with E-state index in [0.717, 1.165) is 5.56 Å². The fraction of sp³-hybridized carbons (Fsp3) is 0.458. The Morgan fingerprint density at radius 2 is 1.67 bits per heavy atom. The van der Waals surface area contributed by atoms with Gasteiger partial charge in [-0.25, -0.2) is 8.42 Å². The van der Waals surface area contributed by atoms with Crippen molar-refractivity contribution in [2.24, 2.45) is 5.92 Å². The molecule has 8 nitrogen and oxygen atoms in total. The number of ether oxygens (including phenoxy) is 3. The number of nitrogens with zero attached hydrogens (tertiary/aromatic N) is 1. The summed E-state index contributed by atoms with van der Waals surface area (Å²) < 4.78 is 44.3. The lowest BCUT2D eigenvalue weighted by Crippen LogP contribution is -2.43. The van der Waals surface area contributed by atoms with Crippen LogP contribution < -0.4 is 19.5 Å². The summed E-state index contributed by atoms with van der Waals surface area (Å²) in [6, 6.07) is 10.3. The van der Waals surface area contributed by atoms with Gasteiger partial charge in [-0.05, 0) is 48.6 Å². The van der Waals surface area contributed by atoms with Crippen molar-refractivity contribution in [3.05, 3.63) is 42.0 Å². The van der Waals surface area contributed by atoms with Gasteiger partial charge in [0.05, 0.1) is 27.2 Å². The van der Waals surface area contributed by atoms with E-state index in [1.54, 1.807) is 37.4 Å². The van der Waals surface area contributed by atoms with E-state index in [0.29, 0.717) is 42.3 Å². The van der Waals surface area contributed by atoms with Crippen LogP contribution in [0.1, 0.15) is 38.2 Å². The van der Waals surface area contributed by atoms with E-state index >= 15 is 0 Å². The molecular formula is C24H32N2O6S. The first-order valence-corrected chi connectivity index (χ1v) is 12.4. The number of piperidine rings is 1. The van der Waals surface area contributed by atoms with E-state index in [2.05, 4.69) is 5.32 Å². The molecule has 2 aromatic rings. The first-order chi connectivity index (χ1) is 15.7. The van der Waals surface area contributed by atoms with Gasteiger partial charge in [0.25, 0.3) is 0 Å². The van der Waals surface area contributed by atoms with Gasteiger partial charge < -0.3 is 19.5 Å². The van der Waals surface area contributed by atoms with Gasteiger partial charge in [-0.3, -0.25) is 4.79 Å². The summed E-state index contributed by atoms with van der Waals surface area (Å²) in [4.78, 5) is 13.1. The standard InChI is InChI=1S/C24H32N2O6S/c1-16(2)17-8-10-21(31-4)23(13-17)33(28,29)26-12-6-7-18(15-26)24(27)25-19-9-11-20(30-3)22(14-19)32-5/h8-11,13-14,16,18H,6-7,12,15H2,1-5H3,(H,25,27)/t18-/m0/s1. The van der Waals surface area contributed by atoms with E-state index in [-0.39, 0.29) is 23.3 Å². The molecule has 1 amide bonds. The van der Waals surface area contributed by atoms with Crippen LogP contribution in [-0.4, -0.2) is 53.0 Å². The Hall–Kier alpha value is -2.78. The zero-order valence-corrected chi connectivity index (χ0v) is 20.6. The molecule has 1 aliphatic rings. The van der Waals surface area contributed by atoms with E-state index in [4.69, 9.17) is 14.2 Å². The van der Waals surface area contributed by atoms with Crippen molar-refractivity contribution in [3.63, 3.8) is 0 Å². The lowest BCUT2D eigenvalue weighted by Gasteiger charge is -2.31. The second-order valence-corrected chi connectivity index (χ2v) is 10.2. The highest BCUT2D eigenvalue weighted by atomic mass is 32.2. The van der Waals surface area contributed by atoms with E-state index in [1.165, 1.54) is 18.5 Å². The summed E-state index contributed by atoms with van der Waals surface area (Å²) in [5.74, 6) is 0.830. The monoisotopic (exact) mass is 476 g/mol. The van der Waals surface area contributed by atoms with Crippen molar-refractivity contribution in [3.8, 4) is 17.2 Å². The molecule has 1 heterocycles. The van der Waals surface area contributed by atoms with Gasteiger partial charge in [-0.15, -0.1) is 0 Å². The number of anilines is 1. The van der Waals surface area contributed by atoms with Gasteiger partial charge in [0.2, 0.25) is 15.9 Å². The number of sulfonamides is 1. The van der Waals surface area contributed by atoms with Crippen LogP contribution in [0.25, 0.3) is 0 Å². The third-order valence-electron chi connectivity index (χ3n) is 5.88. The molecule has 180 valence electrons. The number of amides is 1. The molecule has 0 spiro atoms. The highest BCUT2D eigenvalue weighted by Crippen LogP contribution is 2.33. The highest BCUT2D eigenvalue weighted by Gasteiger charge is 2.35. The molecule has 0 bridgehead atoms. The molecule has 0 aromatic heterocycles. The number of hydrogen-bond donors (Lipinski definition) is 1. The van der Waals surface area contributed by atoms with Crippen molar-refractivity contribution in [1.29, 1.82) is 0 Å². The van der Waals surface area contributed by atoms with Crippen molar-refractivity contribution < 1.29 is 27.4 Å². The van der Waals surface area contributed by atoms with Gasteiger partial charge in [-0.1, -0.05) is 19.9 Å². The molecule has 1 saturated heterocycles. The Morgan fingerprint density at radius 3 is 2.30 bits per heavy atom. The molecule has 1 fully saturated rings. The maximum atomic E-state index is 13.5. The van der Waals surface area contributed by atoms with Crippen LogP contribution >= 0.6 is 0 Å². The average Bonchev–Trinajstić information content (AvgIpc) is 2.83. The third kappa shape index (κ3) is 5.42. The summed E-state index contributed by atoms with van der Waals surface area (Å²) in [6.07, 6.45) is 1.20. The largest absolute Gasteiger partial charge is 0.495 e. The Bertz CT molecular complexity index is 1100. The molecule has 33 heavy (non-hydrogen) atoms. The zero-order valence-electron chi connectivity index (χ0n) is 19.8. The molecule has 9 heteroatoms. The minimum Gasteiger partial charge on any atom is -0.495 e. The van der Waals surface area contributed by atoms with Crippen molar-refractivity contribution in [1.82, 2.24) is 4.31 Å². The fourth-order valence-corrected chi connectivity index (χ4v) is 5.64. The molecule has 0 radical (unpaired) electrons.